The van der Waals surface area contributed by atoms with Gasteiger partial charge in [0.1, 0.15) is 5.69 Å². The minimum absolute atomic E-state index is 0.0973. The van der Waals surface area contributed by atoms with E-state index >= 15 is 0 Å². The molecule has 1 rings (SSSR count). The average Bonchev–Trinajstić information content (AvgIpc) is 2.38. The summed E-state index contributed by atoms with van der Waals surface area (Å²) in [6.45, 7) is 8.57. The van der Waals surface area contributed by atoms with E-state index in [4.69, 9.17) is 0 Å². The molecule has 0 fully saturated rings. The minimum atomic E-state index is -0.369. The molecule has 102 valence electrons. The highest BCUT2D eigenvalue weighted by Gasteiger charge is 2.17. The second kappa shape index (κ2) is 6.58. The van der Waals surface area contributed by atoms with E-state index < -0.39 is 0 Å². The molecule has 0 atom stereocenters. The summed E-state index contributed by atoms with van der Waals surface area (Å²) in [6, 6.07) is 5.09. The molecule has 0 N–H and O–H groups in total. The van der Waals surface area contributed by atoms with Crippen LogP contribution in [-0.4, -0.2) is 32.1 Å². The molecule has 1 aromatic rings. The van der Waals surface area contributed by atoms with Gasteiger partial charge >= 0.3 is 0 Å². The largest absolute Gasteiger partial charge is 0.371 e. The molecule has 0 aliphatic rings. The van der Waals surface area contributed by atoms with Crippen LogP contribution in [-0.2, 0) is 0 Å². The molecule has 0 saturated heterocycles. The number of benzene rings is 1. The number of anilines is 2. The molecule has 0 spiro atoms. The molecule has 0 amide bonds. The van der Waals surface area contributed by atoms with Gasteiger partial charge in [-0.1, -0.05) is 12.2 Å². The maximum absolute atomic E-state index is 11.1. The van der Waals surface area contributed by atoms with Gasteiger partial charge in [0.25, 0.3) is 5.69 Å². The lowest BCUT2D eigenvalue weighted by Gasteiger charge is -2.22. The van der Waals surface area contributed by atoms with Crippen LogP contribution in [0.4, 0.5) is 17.1 Å². The maximum Gasteiger partial charge on any atom is 0.292 e. The lowest BCUT2D eigenvalue weighted by molar-refractivity contribution is -0.384. The van der Waals surface area contributed by atoms with Gasteiger partial charge in [0.05, 0.1) is 4.92 Å². The van der Waals surface area contributed by atoms with Crippen molar-refractivity contribution >= 4 is 17.1 Å². The Morgan fingerprint density at radius 3 is 2.32 bits per heavy atom. The number of nitro benzene ring substituents is 1. The summed E-state index contributed by atoms with van der Waals surface area (Å²) >= 11 is 0. The number of hydrogen-bond acceptors (Lipinski definition) is 4. The summed E-state index contributed by atoms with van der Waals surface area (Å²) < 4.78 is 0. The molecule has 5 heteroatoms. The van der Waals surface area contributed by atoms with Crippen molar-refractivity contribution < 1.29 is 4.92 Å². The van der Waals surface area contributed by atoms with E-state index in [1.165, 1.54) is 6.07 Å². The zero-order chi connectivity index (χ0) is 14.4. The van der Waals surface area contributed by atoms with Crippen LogP contribution in [0.3, 0.4) is 0 Å². The molecule has 0 aliphatic heterocycles. The second-order valence-corrected chi connectivity index (χ2v) is 4.27. The Bertz CT molecular complexity index is 486. The van der Waals surface area contributed by atoms with E-state index in [1.807, 2.05) is 18.0 Å². The van der Waals surface area contributed by atoms with Crippen molar-refractivity contribution in [2.24, 2.45) is 0 Å². The van der Waals surface area contributed by atoms with Gasteiger partial charge in [-0.3, -0.25) is 10.1 Å². The van der Waals surface area contributed by atoms with Crippen LogP contribution in [0.15, 0.2) is 43.5 Å². The Kier molecular flexibility index (Phi) is 5.11. The maximum atomic E-state index is 11.1. The highest BCUT2D eigenvalue weighted by Crippen LogP contribution is 2.31. The summed E-state index contributed by atoms with van der Waals surface area (Å²) in [4.78, 5) is 14.5. The van der Waals surface area contributed by atoms with Gasteiger partial charge < -0.3 is 9.80 Å². The topological polar surface area (TPSA) is 49.6 Å². The van der Waals surface area contributed by atoms with Gasteiger partial charge in [0, 0.05) is 38.9 Å². The Balaban J connectivity index is 3.21. The Morgan fingerprint density at radius 1 is 1.21 bits per heavy atom. The number of nitrogens with zero attached hydrogens (tertiary/aromatic N) is 3. The summed E-state index contributed by atoms with van der Waals surface area (Å²) in [7, 11) is 3.72. The first-order chi connectivity index (χ1) is 9.01. The molecule has 0 aliphatic carbocycles. The Labute approximate surface area is 113 Å². The molecule has 1 aromatic carbocycles. The van der Waals surface area contributed by atoms with E-state index in [0.29, 0.717) is 18.8 Å². The third kappa shape index (κ3) is 3.58. The minimum Gasteiger partial charge on any atom is -0.371 e. The number of hydrogen-bond donors (Lipinski definition) is 0. The molecule has 0 radical (unpaired) electrons. The van der Waals surface area contributed by atoms with E-state index in [0.717, 1.165) is 5.69 Å². The van der Waals surface area contributed by atoms with E-state index in [9.17, 15) is 10.1 Å². The first kappa shape index (κ1) is 14.8. The summed E-state index contributed by atoms with van der Waals surface area (Å²) in [6.07, 6.45) is 3.50. The van der Waals surface area contributed by atoms with Crippen molar-refractivity contribution in [3.8, 4) is 0 Å². The SMILES string of the molecule is C=CCN(C)c1ccc([N+](=O)[O-])c(N(C)CC=C)c1. The molecule has 0 saturated carbocycles. The van der Waals surface area contributed by atoms with Gasteiger partial charge in [-0.15, -0.1) is 13.2 Å². The molecule has 0 bridgehead atoms. The predicted octanol–water partition coefficient (Wildman–Crippen LogP) is 2.84. The van der Waals surface area contributed by atoms with Crippen LogP contribution in [0.5, 0.6) is 0 Å². The van der Waals surface area contributed by atoms with Gasteiger partial charge in [-0.05, 0) is 12.1 Å². The molecule has 19 heavy (non-hydrogen) atoms. The fourth-order valence-electron chi connectivity index (χ4n) is 1.80. The quantitative estimate of drug-likeness (QED) is 0.430. The van der Waals surface area contributed by atoms with Crippen molar-refractivity contribution in [3.63, 3.8) is 0 Å². The third-order valence-electron chi connectivity index (χ3n) is 2.81. The van der Waals surface area contributed by atoms with E-state index in [1.54, 1.807) is 30.2 Å². The lowest BCUT2D eigenvalue weighted by atomic mass is 10.2. The van der Waals surface area contributed by atoms with Gasteiger partial charge in [0.2, 0.25) is 0 Å². The first-order valence-corrected chi connectivity index (χ1v) is 5.93. The van der Waals surface area contributed by atoms with Crippen molar-refractivity contribution in [1.29, 1.82) is 0 Å². The smallest absolute Gasteiger partial charge is 0.292 e. The monoisotopic (exact) mass is 261 g/mol. The number of likely N-dealkylation sites (N-methyl/N-ethyl adjacent to an activating group) is 2. The fourth-order valence-corrected chi connectivity index (χ4v) is 1.80. The number of nitro groups is 1. The van der Waals surface area contributed by atoms with Gasteiger partial charge in [0.15, 0.2) is 0 Å². The Morgan fingerprint density at radius 2 is 1.79 bits per heavy atom. The van der Waals surface area contributed by atoms with Crippen LogP contribution in [0.2, 0.25) is 0 Å². The van der Waals surface area contributed by atoms with Crippen molar-refractivity contribution in [2.45, 2.75) is 0 Å². The third-order valence-corrected chi connectivity index (χ3v) is 2.81. The number of rotatable bonds is 7. The second-order valence-electron chi connectivity index (χ2n) is 4.27. The van der Waals surface area contributed by atoms with Crippen LogP contribution < -0.4 is 9.80 Å². The Hall–Kier alpha value is -2.30. The van der Waals surface area contributed by atoms with Crippen LogP contribution >= 0.6 is 0 Å². The van der Waals surface area contributed by atoms with Crippen LogP contribution in [0.25, 0.3) is 0 Å². The van der Waals surface area contributed by atoms with Crippen LogP contribution in [0.1, 0.15) is 0 Å². The van der Waals surface area contributed by atoms with Crippen LogP contribution in [0, 0.1) is 10.1 Å². The van der Waals surface area contributed by atoms with E-state index in [-0.39, 0.29) is 10.6 Å². The standard InChI is InChI=1S/C14H19N3O2/c1-5-9-15(3)12-7-8-13(17(18)19)14(11-12)16(4)10-6-2/h5-8,11H,1-2,9-10H2,3-4H3. The predicted molar refractivity (Wildman–Crippen MR) is 80.0 cm³/mol. The molecule has 0 heterocycles. The van der Waals surface area contributed by atoms with E-state index in [2.05, 4.69) is 13.2 Å². The molecule has 5 nitrogen and oxygen atoms in total. The lowest BCUT2D eigenvalue weighted by Crippen LogP contribution is -2.20. The average molecular weight is 261 g/mol. The van der Waals surface area contributed by atoms with Crippen molar-refractivity contribution in [1.82, 2.24) is 0 Å². The highest BCUT2D eigenvalue weighted by atomic mass is 16.6. The first-order valence-electron chi connectivity index (χ1n) is 5.93. The fraction of sp³-hybridized carbons (Fsp3) is 0.286. The summed E-state index contributed by atoms with van der Waals surface area (Å²) in [5.41, 5.74) is 1.59. The normalized spacial score (nSPS) is 9.79. The zero-order valence-corrected chi connectivity index (χ0v) is 11.4. The van der Waals surface area contributed by atoms with Crippen molar-refractivity contribution in [2.75, 3.05) is 37.0 Å². The molecule has 0 aromatic heterocycles. The molecular weight excluding hydrogens is 242 g/mol. The molecule has 0 unspecified atom stereocenters. The zero-order valence-electron chi connectivity index (χ0n) is 11.4. The van der Waals surface area contributed by atoms with Crippen molar-refractivity contribution in [3.05, 3.63) is 53.6 Å². The molecular formula is C14H19N3O2. The van der Waals surface area contributed by atoms with Gasteiger partial charge in [-0.2, -0.15) is 0 Å². The highest BCUT2D eigenvalue weighted by molar-refractivity contribution is 5.70. The summed E-state index contributed by atoms with van der Waals surface area (Å²) in [5.74, 6) is 0. The summed E-state index contributed by atoms with van der Waals surface area (Å²) in [5, 5.41) is 11.1. The van der Waals surface area contributed by atoms with Gasteiger partial charge in [-0.25, -0.2) is 0 Å².